The number of rotatable bonds is 4. The monoisotopic (exact) mass is 283 g/mol. The van der Waals surface area contributed by atoms with Crippen LogP contribution in [0.25, 0.3) is 0 Å². The van der Waals surface area contributed by atoms with Crippen LogP contribution in [0.2, 0.25) is 5.02 Å². The molecule has 0 bridgehead atoms. The van der Waals surface area contributed by atoms with E-state index in [-0.39, 0.29) is 0 Å². The van der Waals surface area contributed by atoms with E-state index in [2.05, 4.69) is 4.74 Å². The average Bonchev–Trinajstić information content (AvgIpc) is 3.12. The van der Waals surface area contributed by atoms with E-state index in [0.717, 1.165) is 7.11 Å². The maximum atomic E-state index is 11.7. The van der Waals surface area contributed by atoms with E-state index in [1.807, 2.05) is 0 Å². The molecule has 0 aliphatic heterocycles. The molecule has 3 atom stereocenters. The van der Waals surface area contributed by atoms with Crippen LogP contribution in [0.5, 0.6) is 0 Å². The largest absolute Gasteiger partial charge is 0.463 e. The summed E-state index contributed by atoms with van der Waals surface area (Å²) < 4.78 is 4.31. The predicted octanol–water partition coefficient (Wildman–Crippen LogP) is 1.44. The molecule has 0 spiro atoms. The minimum atomic E-state index is -1.09. The van der Waals surface area contributed by atoms with Crippen LogP contribution in [0, 0.1) is 16.0 Å². The Balaban J connectivity index is 2.28. The highest BCUT2D eigenvalue weighted by Gasteiger charge is 2.66. The summed E-state index contributed by atoms with van der Waals surface area (Å²) in [6.45, 7) is 0. The van der Waals surface area contributed by atoms with Gasteiger partial charge >= 0.3 is 5.97 Å². The first-order valence-corrected chi connectivity index (χ1v) is 5.86. The van der Waals surface area contributed by atoms with E-state index in [9.17, 15) is 19.7 Å². The molecule has 0 amide bonds. The number of halogens is 1. The van der Waals surface area contributed by atoms with Gasteiger partial charge in [0.25, 0.3) is 5.78 Å². The van der Waals surface area contributed by atoms with Gasteiger partial charge in [0.1, 0.15) is 5.92 Å². The summed E-state index contributed by atoms with van der Waals surface area (Å²) in [5.74, 6) is -3.52. The zero-order valence-electron chi connectivity index (χ0n) is 9.91. The van der Waals surface area contributed by atoms with Crippen molar-refractivity contribution in [3.63, 3.8) is 0 Å². The molecule has 0 saturated heterocycles. The van der Waals surface area contributed by atoms with E-state index >= 15 is 0 Å². The van der Waals surface area contributed by atoms with Gasteiger partial charge in [-0.2, -0.15) is 0 Å². The topological polar surface area (TPSA) is 86.5 Å². The molecule has 7 heteroatoms. The second-order valence-corrected chi connectivity index (χ2v) is 4.67. The number of ketones is 1. The molecule has 1 aromatic rings. The Bertz CT molecular complexity index is 559. The summed E-state index contributed by atoms with van der Waals surface area (Å²) >= 11 is 5.81. The van der Waals surface area contributed by atoms with Crippen molar-refractivity contribution in [1.29, 1.82) is 0 Å². The second kappa shape index (κ2) is 4.97. The smallest absolute Gasteiger partial charge is 0.374 e. The van der Waals surface area contributed by atoms with E-state index in [4.69, 9.17) is 11.6 Å². The van der Waals surface area contributed by atoms with Gasteiger partial charge < -0.3 is 4.74 Å². The fraction of sp³-hybridized carbons (Fsp3) is 0.333. The van der Waals surface area contributed by atoms with Gasteiger partial charge in [-0.1, -0.05) is 23.7 Å². The Morgan fingerprint density at radius 2 is 2.11 bits per heavy atom. The average molecular weight is 284 g/mol. The van der Waals surface area contributed by atoms with E-state index in [1.165, 1.54) is 0 Å². The van der Waals surface area contributed by atoms with Crippen LogP contribution in [0.15, 0.2) is 24.3 Å². The number of nitrogens with zero attached hydrogens (tertiary/aromatic N) is 1. The van der Waals surface area contributed by atoms with Crippen molar-refractivity contribution in [1.82, 2.24) is 0 Å². The number of carbonyl (C=O) groups is 2. The van der Waals surface area contributed by atoms with Gasteiger partial charge in [0.15, 0.2) is 0 Å². The van der Waals surface area contributed by atoms with Crippen molar-refractivity contribution in [2.24, 2.45) is 5.92 Å². The summed E-state index contributed by atoms with van der Waals surface area (Å²) in [5.41, 5.74) is 0.580. The zero-order chi connectivity index (χ0) is 14.2. The van der Waals surface area contributed by atoms with Crippen LogP contribution in [-0.4, -0.2) is 29.8 Å². The molecule has 6 nitrogen and oxygen atoms in total. The first kappa shape index (κ1) is 13.5. The quantitative estimate of drug-likeness (QED) is 0.361. The minimum absolute atomic E-state index is 0.427. The second-order valence-electron chi connectivity index (χ2n) is 4.24. The van der Waals surface area contributed by atoms with Gasteiger partial charge in [0.2, 0.25) is 6.04 Å². The Hall–Kier alpha value is -1.95. The van der Waals surface area contributed by atoms with Crippen molar-refractivity contribution < 1.29 is 19.2 Å². The number of nitro groups is 1. The van der Waals surface area contributed by atoms with Crippen LogP contribution in [0.1, 0.15) is 11.5 Å². The van der Waals surface area contributed by atoms with Crippen LogP contribution in [-0.2, 0) is 14.3 Å². The molecule has 2 rings (SSSR count). The standard InChI is InChI=1S/C12H10ClNO5/c1-19-12(16)11(15)9-8(10(9)14(17)18)6-3-2-4-7(13)5-6/h2-5,8-10H,1H3/t8-,9+,10+/m0/s1. The van der Waals surface area contributed by atoms with Crippen molar-refractivity contribution in [2.45, 2.75) is 12.0 Å². The number of Topliss-reactive ketones (excluding diaryl/α,β-unsaturated/α-hetero) is 1. The molecular formula is C12H10ClNO5. The Labute approximate surface area is 113 Å². The lowest BCUT2D eigenvalue weighted by atomic mass is 10.1. The van der Waals surface area contributed by atoms with Crippen LogP contribution in [0.4, 0.5) is 0 Å². The summed E-state index contributed by atoms with van der Waals surface area (Å²) in [7, 11) is 1.07. The fourth-order valence-electron chi connectivity index (χ4n) is 2.23. The van der Waals surface area contributed by atoms with Gasteiger partial charge in [0.05, 0.1) is 13.0 Å². The summed E-state index contributed by atoms with van der Waals surface area (Å²) in [5, 5.41) is 11.4. The highest BCUT2D eigenvalue weighted by molar-refractivity contribution is 6.35. The molecule has 100 valence electrons. The molecular weight excluding hydrogens is 274 g/mol. The molecule has 1 saturated carbocycles. The molecule has 1 aliphatic rings. The lowest BCUT2D eigenvalue weighted by molar-refractivity contribution is -0.498. The molecule has 0 aromatic heterocycles. The first-order valence-electron chi connectivity index (χ1n) is 5.48. The van der Waals surface area contributed by atoms with Crippen LogP contribution in [0.3, 0.4) is 0 Å². The van der Waals surface area contributed by atoms with Crippen molar-refractivity contribution in [2.75, 3.05) is 7.11 Å². The number of esters is 1. The summed E-state index contributed by atoms with van der Waals surface area (Å²) in [6, 6.07) is 5.40. The molecule has 0 N–H and O–H groups in total. The maximum Gasteiger partial charge on any atom is 0.374 e. The molecule has 19 heavy (non-hydrogen) atoms. The number of hydrogen-bond acceptors (Lipinski definition) is 5. The van der Waals surface area contributed by atoms with Gasteiger partial charge in [-0.05, 0) is 17.7 Å². The summed E-state index contributed by atoms with van der Waals surface area (Å²) in [4.78, 5) is 33.3. The zero-order valence-corrected chi connectivity index (χ0v) is 10.7. The van der Waals surface area contributed by atoms with Gasteiger partial charge in [0, 0.05) is 9.95 Å². The third-order valence-corrected chi connectivity index (χ3v) is 3.38. The predicted molar refractivity (Wildman–Crippen MR) is 65.5 cm³/mol. The van der Waals surface area contributed by atoms with Gasteiger partial charge in [-0.15, -0.1) is 0 Å². The highest BCUT2D eigenvalue weighted by Crippen LogP contribution is 2.50. The maximum absolute atomic E-state index is 11.7. The SMILES string of the molecule is COC(=O)C(=O)[C@@H]1[C@H](c2cccc(Cl)c2)[C@H]1[N+](=O)[O-]. The Kier molecular flexibility index (Phi) is 3.53. The Morgan fingerprint density at radius 3 is 2.63 bits per heavy atom. The number of carbonyl (C=O) groups excluding carboxylic acids is 2. The van der Waals surface area contributed by atoms with Gasteiger partial charge in [-0.25, -0.2) is 4.79 Å². The van der Waals surface area contributed by atoms with Crippen molar-refractivity contribution in [3.05, 3.63) is 45.0 Å². The molecule has 0 unspecified atom stereocenters. The van der Waals surface area contributed by atoms with E-state index in [0.29, 0.717) is 10.6 Å². The summed E-state index contributed by atoms with van der Waals surface area (Å²) in [6.07, 6.45) is 0. The van der Waals surface area contributed by atoms with E-state index in [1.54, 1.807) is 24.3 Å². The third kappa shape index (κ3) is 2.44. The van der Waals surface area contributed by atoms with Crippen molar-refractivity contribution >= 4 is 23.4 Å². The minimum Gasteiger partial charge on any atom is -0.463 e. The first-order chi connectivity index (χ1) is 8.97. The molecule has 0 heterocycles. The molecule has 1 fully saturated rings. The molecule has 1 aromatic carbocycles. The highest BCUT2D eigenvalue weighted by atomic mass is 35.5. The van der Waals surface area contributed by atoms with Crippen molar-refractivity contribution in [3.8, 4) is 0 Å². The lowest BCUT2D eigenvalue weighted by Gasteiger charge is -1.98. The third-order valence-electron chi connectivity index (χ3n) is 3.15. The fourth-order valence-corrected chi connectivity index (χ4v) is 2.43. The normalized spacial score (nSPS) is 24.6. The Morgan fingerprint density at radius 1 is 1.42 bits per heavy atom. The molecule has 1 aliphatic carbocycles. The van der Waals surface area contributed by atoms with Gasteiger partial charge in [-0.3, -0.25) is 14.9 Å². The number of benzene rings is 1. The number of methoxy groups -OCH3 is 1. The van der Waals surface area contributed by atoms with E-state index < -0.39 is 34.6 Å². The van der Waals surface area contributed by atoms with Crippen LogP contribution < -0.4 is 0 Å². The van der Waals surface area contributed by atoms with Crippen LogP contribution >= 0.6 is 11.6 Å². The number of ether oxygens (including phenoxy) is 1. The lowest BCUT2D eigenvalue weighted by Crippen LogP contribution is -2.21. The molecule has 0 radical (unpaired) electrons. The number of hydrogen-bond donors (Lipinski definition) is 0.